The van der Waals surface area contributed by atoms with E-state index in [1.54, 1.807) is 24.3 Å². The van der Waals surface area contributed by atoms with Crippen LogP contribution in [0.25, 0.3) is 0 Å². The molecular weight excluding hydrogens is 351 g/mol. The molecule has 0 unspecified atom stereocenters. The number of benzene rings is 2. The first-order chi connectivity index (χ1) is 9.77. The number of phenols is 1. The molecular formula is C14H9BrF3NO2. The van der Waals surface area contributed by atoms with Gasteiger partial charge in [0.1, 0.15) is 5.75 Å². The van der Waals surface area contributed by atoms with Crippen LogP contribution in [0.5, 0.6) is 5.75 Å². The molecule has 0 aromatic heterocycles. The third-order valence-corrected chi connectivity index (χ3v) is 3.15. The van der Waals surface area contributed by atoms with Gasteiger partial charge >= 0.3 is 6.18 Å². The average Bonchev–Trinajstić information content (AvgIpc) is 2.37. The second-order valence-corrected chi connectivity index (χ2v) is 5.11. The summed E-state index contributed by atoms with van der Waals surface area (Å²) in [7, 11) is 0. The van der Waals surface area contributed by atoms with Crippen molar-refractivity contribution < 1.29 is 23.1 Å². The molecule has 21 heavy (non-hydrogen) atoms. The molecule has 0 spiro atoms. The standard InChI is InChI=1S/C14H9BrF3NO2/c15-9-2-1-3-10(7-9)19-13(21)11-5-4-8(6-12(11)20)14(16,17)18/h1-7,20H,(H,19,21). The molecule has 2 aromatic rings. The number of anilines is 1. The van der Waals surface area contributed by atoms with Crippen molar-refractivity contribution in [2.24, 2.45) is 0 Å². The maximum atomic E-state index is 12.5. The highest BCUT2D eigenvalue weighted by Gasteiger charge is 2.31. The average molecular weight is 360 g/mol. The Hall–Kier alpha value is -2.02. The molecule has 0 atom stereocenters. The van der Waals surface area contributed by atoms with E-state index in [4.69, 9.17) is 0 Å². The van der Waals surface area contributed by atoms with E-state index < -0.39 is 23.4 Å². The molecule has 110 valence electrons. The minimum absolute atomic E-state index is 0.233. The van der Waals surface area contributed by atoms with Gasteiger partial charge in [-0.05, 0) is 36.4 Å². The van der Waals surface area contributed by atoms with Crippen molar-refractivity contribution in [3.05, 3.63) is 58.1 Å². The Labute approximate surface area is 126 Å². The predicted octanol–water partition coefficient (Wildman–Crippen LogP) is 4.43. The number of carbonyl (C=O) groups excluding carboxylic acids is 1. The molecule has 0 aliphatic heterocycles. The summed E-state index contributed by atoms with van der Waals surface area (Å²) >= 11 is 3.23. The summed E-state index contributed by atoms with van der Waals surface area (Å²) in [5.74, 6) is -1.42. The van der Waals surface area contributed by atoms with Gasteiger partial charge in [0.15, 0.2) is 0 Å². The zero-order valence-corrected chi connectivity index (χ0v) is 12.0. The molecule has 2 rings (SSSR count). The summed E-state index contributed by atoms with van der Waals surface area (Å²) in [6.07, 6.45) is -4.57. The highest BCUT2D eigenvalue weighted by molar-refractivity contribution is 9.10. The van der Waals surface area contributed by atoms with Crippen LogP contribution in [-0.2, 0) is 6.18 Å². The number of nitrogens with one attached hydrogen (secondary N) is 1. The predicted molar refractivity (Wildman–Crippen MR) is 75.2 cm³/mol. The Balaban J connectivity index is 2.24. The Bertz CT molecular complexity index is 686. The fourth-order valence-electron chi connectivity index (χ4n) is 1.66. The minimum atomic E-state index is -4.57. The van der Waals surface area contributed by atoms with Crippen LogP contribution in [0.4, 0.5) is 18.9 Å². The first-order valence-electron chi connectivity index (χ1n) is 5.74. The molecule has 0 fully saturated rings. The summed E-state index contributed by atoms with van der Waals surface area (Å²) in [6, 6.07) is 8.89. The highest BCUT2D eigenvalue weighted by atomic mass is 79.9. The van der Waals surface area contributed by atoms with E-state index in [0.29, 0.717) is 11.8 Å². The molecule has 0 heterocycles. The number of carbonyl (C=O) groups is 1. The van der Waals surface area contributed by atoms with Gasteiger partial charge in [-0.15, -0.1) is 0 Å². The Morgan fingerprint density at radius 3 is 2.43 bits per heavy atom. The summed E-state index contributed by atoms with van der Waals surface area (Å²) < 4.78 is 38.2. The molecule has 0 saturated heterocycles. The molecule has 3 nitrogen and oxygen atoms in total. The van der Waals surface area contributed by atoms with Crippen LogP contribution in [0, 0.1) is 0 Å². The van der Waals surface area contributed by atoms with Crippen molar-refractivity contribution in [2.45, 2.75) is 6.18 Å². The van der Waals surface area contributed by atoms with Crippen molar-refractivity contribution in [1.82, 2.24) is 0 Å². The Morgan fingerprint density at radius 2 is 1.86 bits per heavy atom. The van der Waals surface area contributed by atoms with Gasteiger partial charge in [0.25, 0.3) is 5.91 Å². The van der Waals surface area contributed by atoms with Gasteiger partial charge in [-0.25, -0.2) is 0 Å². The van der Waals surface area contributed by atoms with E-state index in [0.717, 1.165) is 16.6 Å². The number of phenolic OH excluding ortho intramolecular Hbond substituents is 1. The number of aromatic hydroxyl groups is 1. The first kappa shape index (κ1) is 15.4. The van der Waals surface area contributed by atoms with Gasteiger partial charge in [-0.1, -0.05) is 22.0 Å². The van der Waals surface area contributed by atoms with Crippen molar-refractivity contribution in [3.63, 3.8) is 0 Å². The van der Waals surface area contributed by atoms with Gasteiger partial charge < -0.3 is 10.4 Å². The number of rotatable bonds is 2. The monoisotopic (exact) mass is 359 g/mol. The van der Waals surface area contributed by atoms with E-state index in [1.165, 1.54) is 0 Å². The molecule has 7 heteroatoms. The van der Waals surface area contributed by atoms with E-state index in [2.05, 4.69) is 21.2 Å². The van der Waals surface area contributed by atoms with Crippen LogP contribution in [0.2, 0.25) is 0 Å². The number of alkyl halides is 3. The Morgan fingerprint density at radius 1 is 1.14 bits per heavy atom. The normalized spacial score (nSPS) is 11.2. The van der Waals surface area contributed by atoms with Gasteiger partial charge in [0, 0.05) is 10.2 Å². The maximum Gasteiger partial charge on any atom is 0.416 e. The van der Waals surface area contributed by atoms with Gasteiger partial charge in [-0.3, -0.25) is 4.79 Å². The van der Waals surface area contributed by atoms with Gasteiger partial charge in [0.2, 0.25) is 0 Å². The summed E-state index contributed by atoms with van der Waals surface area (Å²) in [5.41, 5.74) is -0.796. The molecule has 0 aliphatic rings. The first-order valence-corrected chi connectivity index (χ1v) is 6.54. The molecule has 2 aromatic carbocycles. The zero-order valence-electron chi connectivity index (χ0n) is 10.4. The van der Waals surface area contributed by atoms with E-state index in [-0.39, 0.29) is 5.56 Å². The fraction of sp³-hybridized carbons (Fsp3) is 0.0714. The van der Waals surface area contributed by atoms with Crippen molar-refractivity contribution >= 4 is 27.5 Å². The van der Waals surface area contributed by atoms with Crippen LogP contribution < -0.4 is 5.32 Å². The summed E-state index contributed by atoms with van der Waals surface area (Å²) in [6.45, 7) is 0. The van der Waals surface area contributed by atoms with Crippen LogP contribution in [0.1, 0.15) is 15.9 Å². The summed E-state index contributed by atoms with van der Waals surface area (Å²) in [4.78, 5) is 11.9. The van der Waals surface area contributed by atoms with Crippen LogP contribution in [0.15, 0.2) is 46.9 Å². The SMILES string of the molecule is O=C(Nc1cccc(Br)c1)c1ccc(C(F)(F)F)cc1O. The van der Waals surface area contributed by atoms with Crippen molar-refractivity contribution in [2.75, 3.05) is 5.32 Å². The second-order valence-electron chi connectivity index (χ2n) is 4.19. The molecule has 2 N–H and O–H groups in total. The van der Waals surface area contributed by atoms with Crippen molar-refractivity contribution in [3.8, 4) is 5.75 Å². The molecule has 0 aliphatic carbocycles. The molecule has 0 bridgehead atoms. The largest absolute Gasteiger partial charge is 0.507 e. The van der Waals surface area contributed by atoms with Crippen LogP contribution in [-0.4, -0.2) is 11.0 Å². The zero-order chi connectivity index (χ0) is 15.6. The second kappa shape index (κ2) is 5.77. The third kappa shape index (κ3) is 3.75. The third-order valence-electron chi connectivity index (χ3n) is 2.65. The lowest BCUT2D eigenvalue weighted by Crippen LogP contribution is -2.13. The molecule has 0 radical (unpaired) electrons. The van der Waals surface area contributed by atoms with E-state index in [1.807, 2.05) is 0 Å². The topological polar surface area (TPSA) is 49.3 Å². The molecule has 1 amide bonds. The lowest BCUT2D eigenvalue weighted by molar-refractivity contribution is -0.137. The fourth-order valence-corrected chi connectivity index (χ4v) is 2.06. The van der Waals surface area contributed by atoms with Crippen molar-refractivity contribution in [1.29, 1.82) is 0 Å². The molecule has 0 saturated carbocycles. The minimum Gasteiger partial charge on any atom is -0.507 e. The van der Waals surface area contributed by atoms with Crippen LogP contribution >= 0.6 is 15.9 Å². The van der Waals surface area contributed by atoms with Crippen LogP contribution in [0.3, 0.4) is 0 Å². The van der Waals surface area contributed by atoms with Gasteiger partial charge in [0.05, 0.1) is 11.1 Å². The highest BCUT2D eigenvalue weighted by Crippen LogP contribution is 2.32. The number of amides is 1. The van der Waals surface area contributed by atoms with E-state index >= 15 is 0 Å². The smallest absolute Gasteiger partial charge is 0.416 e. The number of hydrogen-bond donors (Lipinski definition) is 2. The summed E-state index contributed by atoms with van der Waals surface area (Å²) in [5, 5.41) is 12.1. The quantitative estimate of drug-likeness (QED) is 0.833. The Kier molecular flexibility index (Phi) is 4.22. The lowest BCUT2D eigenvalue weighted by atomic mass is 10.1. The van der Waals surface area contributed by atoms with Gasteiger partial charge in [-0.2, -0.15) is 13.2 Å². The number of hydrogen-bond acceptors (Lipinski definition) is 2. The number of halogens is 4. The maximum absolute atomic E-state index is 12.5. The lowest BCUT2D eigenvalue weighted by Gasteiger charge is -2.10. The van der Waals surface area contributed by atoms with E-state index in [9.17, 15) is 23.1 Å².